The Balaban J connectivity index is 1.66. The van der Waals surface area contributed by atoms with E-state index in [0.29, 0.717) is 16.5 Å². The lowest BCUT2D eigenvalue weighted by molar-refractivity contribution is 0.290. The second kappa shape index (κ2) is 8.14. The molecule has 4 aromatic rings. The SMILES string of the molecule is CSc1nnc(COc2ccccc2)n1/N=C\c1c(O)ccc2ccccc12. The molecule has 28 heavy (non-hydrogen) atoms. The van der Waals surface area contributed by atoms with Gasteiger partial charge < -0.3 is 9.84 Å². The Hall–Kier alpha value is -3.32. The topological polar surface area (TPSA) is 72.5 Å². The maximum Gasteiger partial charge on any atom is 0.211 e. The molecule has 0 aliphatic carbocycles. The van der Waals surface area contributed by atoms with E-state index in [9.17, 15) is 5.11 Å². The van der Waals surface area contributed by atoms with Gasteiger partial charge in [-0.3, -0.25) is 0 Å². The van der Waals surface area contributed by atoms with Crippen LogP contribution >= 0.6 is 11.8 Å². The van der Waals surface area contributed by atoms with Crippen LogP contribution in [0.15, 0.2) is 77.0 Å². The number of hydrogen-bond donors (Lipinski definition) is 1. The fourth-order valence-corrected chi connectivity index (χ4v) is 3.28. The Kier molecular flexibility index (Phi) is 5.25. The second-order valence-corrected chi connectivity index (χ2v) is 6.75. The number of benzene rings is 3. The van der Waals surface area contributed by atoms with Gasteiger partial charge in [-0.1, -0.05) is 60.3 Å². The molecule has 0 saturated heterocycles. The largest absolute Gasteiger partial charge is 0.507 e. The molecule has 1 heterocycles. The molecule has 0 unspecified atom stereocenters. The predicted octanol–water partition coefficient (Wildman–Crippen LogP) is 4.32. The zero-order valence-corrected chi connectivity index (χ0v) is 16.0. The van der Waals surface area contributed by atoms with E-state index in [-0.39, 0.29) is 12.4 Å². The number of rotatable bonds is 6. The van der Waals surface area contributed by atoms with Gasteiger partial charge in [-0.2, -0.15) is 9.78 Å². The van der Waals surface area contributed by atoms with Gasteiger partial charge in [-0.05, 0) is 35.2 Å². The van der Waals surface area contributed by atoms with Crippen LogP contribution in [0.4, 0.5) is 0 Å². The fraction of sp³-hybridized carbons (Fsp3) is 0.0952. The van der Waals surface area contributed by atoms with Crippen molar-refractivity contribution in [1.29, 1.82) is 0 Å². The lowest BCUT2D eigenvalue weighted by Gasteiger charge is -2.07. The first-order valence-electron chi connectivity index (χ1n) is 8.67. The van der Waals surface area contributed by atoms with E-state index in [1.807, 2.05) is 66.9 Å². The molecule has 0 saturated carbocycles. The standard InChI is InChI=1S/C21H18N4O2S/c1-28-21-24-23-20(14-27-16-8-3-2-4-9-16)25(21)22-13-18-17-10-6-5-7-15(17)11-12-19(18)26/h2-13,26H,14H2,1H3/b22-13-. The molecular formula is C21H18N4O2S. The maximum atomic E-state index is 10.3. The normalized spacial score (nSPS) is 11.3. The monoisotopic (exact) mass is 390 g/mol. The van der Waals surface area contributed by atoms with Gasteiger partial charge in [0.05, 0.1) is 6.21 Å². The summed E-state index contributed by atoms with van der Waals surface area (Å²) in [5, 5.41) is 25.8. The van der Waals surface area contributed by atoms with E-state index in [0.717, 1.165) is 16.5 Å². The molecule has 6 nitrogen and oxygen atoms in total. The maximum absolute atomic E-state index is 10.3. The van der Waals surface area contributed by atoms with Crippen molar-refractivity contribution in [3.63, 3.8) is 0 Å². The van der Waals surface area contributed by atoms with Gasteiger partial charge in [0.15, 0.2) is 5.82 Å². The number of phenolic OH excluding ortho intramolecular Hbond substituents is 1. The van der Waals surface area contributed by atoms with Crippen molar-refractivity contribution in [2.24, 2.45) is 5.10 Å². The minimum atomic E-state index is 0.170. The molecule has 0 atom stereocenters. The summed E-state index contributed by atoms with van der Waals surface area (Å²) in [6.45, 7) is 0.233. The van der Waals surface area contributed by atoms with Crippen molar-refractivity contribution < 1.29 is 9.84 Å². The van der Waals surface area contributed by atoms with Gasteiger partial charge in [0.1, 0.15) is 18.1 Å². The summed E-state index contributed by atoms with van der Waals surface area (Å²) in [6, 6.07) is 20.9. The number of para-hydroxylation sites is 1. The van der Waals surface area contributed by atoms with Gasteiger partial charge in [-0.25, -0.2) is 0 Å². The third kappa shape index (κ3) is 3.70. The Bertz CT molecular complexity index is 1130. The van der Waals surface area contributed by atoms with Crippen LogP contribution < -0.4 is 4.74 Å². The number of ether oxygens (including phenoxy) is 1. The van der Waals surface area contributed by atoms with Crippen LogP contribution in [0.25, 0.3) is 10.8 Å². The highest BCUT2D eigenvalue weighted by atomic mass is 32.2. The average molecular weight is 390 g/mol. The van der Waals surface area contributed by atoms with Crippen molar-refractivity contribution >= 4 is 28.7 Å². The third-order valence-corrected chi connectivity index (χ3v) is 4.84. The fourth-order valence-electron chi connectivity index (χ4n) is 2.83. The highest BCUT2D eigenvalue weighted by molar-refractivity contribution is 7.98. The number of phenols is 1. The van der Waals surface area contributed by atoms with E-state index < -0.39 is 0 Å². The Morgan fingerprint density at radius 3 is 2.64 bits per heavy atom. The molecule has 0 aliphatic rings. The molecule has 1 N–H and O–H groups in total. The predicted molar refractivity (Wildman–Crippen MR) is 111 cm³/mol. The van der Waals surface area contributed by atoms with Crippen LogP contribution in [0.2, 0.25) is 0 Å². The third-order valence-electron chi connectivity index (χ3n) is 4.22. The van der Waals surface area contributed by atoms with E-state index in [1.54, 1.807) is 17.0 Å². The first kappa shape index (κ1) is 18.1. The van der Waals surface area contributed by atoms with Crippen LogP contribution in [-0.2, 0) is 6.61 Å². The highest BCUT2D eigenvalue weighted by Gasteiger charge is 2.12. The van der Waals surface area contributed by atoms with Crippen LogP contribution in [0, 0.1) is 0 Å². The number of aromatic nitrogens is 3. The molecule has 0 amide bonds. The molecule has 7 heteroatoms. The van der Waals surface area contributed by atoms with Crippen molar-refractivity contribution in [3.8, 4) is 11.5 Å². The van der Waals surface area contributed by atoms with Crippen molar-refractivity contribution in [3.05, 3.63) is 78.1 Å². The van der Waals surface area contributed by atoms with E-state index in [2.05, 4.69) is 15.3 Å². The number of fused-ring (bicyclic) bond motifs is 1. The molecule has 140 valence electrons. The molecule has 0 spiro atoms. The number of nitrogens with zero attached hydrogens (tertiary/aromatic N) is 4. The summed E-state index contributed by atoms with van der Waals surface area (Å²) in [5.74, 6) is 1.49. The Morgan fingerprint density at radius 2 is 1.82 bits per heavy atom. The summed E-state index contributed by atoms with van der Waals surface area (Å²) in [6.07, 6.45) is 3.54. The first-order valence-corrected chi connectivity index (χ1v) is 9.90. The zero-order valence-electron chi connectivity index (χ0n) is 15.2. The van der Waals surface area contributed by atoms with Gasteiger partial charge in [0.25, 0.3) is 0 Å². The van der Waals surface area contributed by atoms with E-state index in [4.69, 9.17) is 4.74 Å². The quantitative estimate of drug-likeness (QED) is 0.392. The molecule has 4 rings (SSSR count). The van der Waals surface area contributed by atoms with Crippen LogP contribution in [0.1, 0.15) is 11.4 Å². The molecule has 0 radical (unpaired) electrons. The van der Waals surface area contributed by atoms with Gasteiger partial charge in [-0.15, -0.1) is 10.2 Å². The summed E-state index contributed by atoms with van der Waals surface area (Å²) in [4.78, 5) is 0. The van der Waals surface area contributed by atoms with E-state index >= 15 is 0 Å². The summed E-state index contributed by atoms with van der Waals surface area (Å²) in [5.41, 5.74) is 0.647. The van der Waals surface area contributed by atoms with Crippen molar-refractivity contribution in [1.82, 2.24) is 14.9 Å². The molecular weight excluding hydrogens is 372 g/mol. The van der Waals surface area contributed by atoms with Gasteiger partial charge in [0, 0.05) is 5.56 Å². The summed E-state index contributed by atoms with van der Waals surface area (Å²) >= 11 is 1.44. The van der Waals surface area contributed by atoms with Crippen molar-refractivity contribution in [2.75, 3.05) is 6.26 Å². The highest BCUT2D eigenvalue weighted by Crippen LogP contribution is 2.26. The molecule has 0 aliphatic heterocycles. The summed E-state index contributed by atoms with van der Waals surface area (Å²) < 4.78 is 7.41. The lowest BCUT2D eigenvalue weighted by Crippen LogP contribution is -2.05. The van der Waals surface area contributed by atoms with Crippen LogP contribution in [0.3, 0.4) is 0 Å². The Labute approximate surface area is 166 Å². The minimum Gasteiger partial charge on any atom is -0.507 e. The molecule has 3 aromatic carbocycles. The average Bonchev–Trinajstić information content (AvgIpc) is 3.14. The second-order valence-electron chi connectivity index (χ2n) is 5.98. The van der Waals surface area contributed by atoms with E-state index in [1.165, 1.54) is 11.8 Å². The molecule has 0 fully saturated rings. The first-order chi connectivity index (χ1) is 13.8. The number of hydrogen-bond acceptors (Lipinski definition) is 6. The zero-order chi connectivity index (χ0) is 19.3. The molecule has 1 aromatic heterocycles. The number of thioether (sulfide) groups is 1. The minimum absolute atomic E-state index is 0.170. The molecule has 0 bridgehead atoms. The summed E-state index contributed by atoms with van der Waals surface area (Å²) in [7, 11) is 0. The van der Waals surface area contributed by atoms with Crippen molar-refractivity contribution in [2.45, 2.75) is 11.8 Å². The number of aromatic hydroxyl groups is 1. The van der Waals surface area contributed by atoms with Crippen LogP contribution in [0.5, 0.6) is 11.5 Å². The van der Waals surface area contributed by atoms with Gasteiger partial charge >= 0.3 is 0 Å². The van der Waals surface area contributed by atoms with Crippen LogP contribution in [-0.4, -0.2) is 32.5 Å². The smallest absolute Gasteiger partial charge is 0.211 e. The Morgan fingerprint density at radius 1 is 1.04 bits per heavy atom. The van der Waals surface area contributed by atoms with Gasteiger partial charge in [0.2, 0.25) is 5.16 Å². The lowest BCUT2D eigenvalue weighted by atomic mass is 10.0.